The van der Waals surface area contributed by atoms with E-state index in [4.69, 9.17) is 4.74 Å². The second kappa shape index (κ2) is 9.77. The Morgan fingerprint density at radius 3 is 2.20 bits per heavy atom. The lowest BCUT2D eigenvalue weighted by atomic mass is 9.79. The number of amides is 1. The van der Waals surface area contributed by atoms with Crippen LogP contribution in [0.1, 0.15) is 59.8 Å². The van der Waals surface area contributed by atoms with Gasteiger partial charge in [-0.2, -0.15) is 5.26 Å². The van der Waals surface area contributed by atoms with E-state index < -0.39 is 5.41 Å². The molecule has 0 aromatic rings. The lowest BCUT2D eigenvalue weighted by Crippen LogP contribution is -2.48. The Kier molecular flexibility index (Phi) is 9.24. The number of methoxy groups -OCH3 is 1. The summed E-state index contributed by atoms with van der Waals surface area (Å²) in [5, 5.41) is 9.61. The van der Waals surface area contributed by atoms with Crippen molar-refractivity contribution in [3.63, 3.8) is 0 Å². The molecule has 0 radical (unpaired) electrons. The SMILES string of the molecule is CCCC(C#N)(CCC)C(=O)N(CCOC)C(C)CC. The van der Waals surface area contributed by atoms with Crippen molar-refractivity contribution in [1.82, 2.24) is 4.90 Å². The molecule has 0 spiro atoms. The summed E-state index contributed by atoms with van der Waals surface area (Å²) in [5.41, 5.74) is -0.860. The first kappa shape index (κ1) is 18.9. The molecule has 0 saturated carbocycles. The molecule has 0 saturated heterocycles. The van der Waals surface area contributed by atoms with Gasteiger partial charge in [-0.15, -0.1) is 0 Å². The van der Waals surface area contributed by atoms with Gasteiger partial charge in [0.05, 0.1) is 12.7 Å². The van der Waals surface area contributed by atoms with Crippen LogP contribution in [0.2, 0.25) is 0 Å². The third kappa shape index (κ3) is 4.79. The van der Waals surface area contributed by atoms with Crippen molar-refractivity contribution in [2.45, 2.75) is 65.8 Å². The Labute approximate surface area is 124 Å². The van der Waals surface area contributed by atoms with Crippen LogP contribution in [0.5, 0.6) is 0 Å². The molecule has 20 heavy (non-hydrogen) atoms. The van der Waals surface area contributed by atoms with Crippen molar-refractivity contribution in [3.8, 4) is 6.07 Å². The molecule has 0 aliphatic rings. The summed E-state index contributed by atoms with van der Waals surface area (Å²) in [6.07, 6.45) is 3.84. The number of carbonyl (C=O) groups is 1. The minimum atomic E-state index is -0.860. The molecule has 0 aliphatic heterocycles. The molecule has 1 atom stereocenters. The molecule has 0 fully saturated rings. The Morgan fingerprint density at radius 1 is 1.30 bits per heavy atom. The predicted octanol–water partition coefficient (Wildman–Crippen LogP) is 3.37. The van der Waals surface area contributed by atoms with E-state index in [0.29, 0.717) is 26.0 Å². The first-order valence-electron chi connectivity index (χ1n) is 7.74. The number of hydrogen-bond acceptors (Lipinski definition) is 3. The summed E-state index contributed by atoms with van der Waals surface area (Å²) in [5.74, 6) is -0.0184. The van der Waals surface area contributed by atoms with Gasteiger partial charge in [0, 0.05) is 19.7 Å². The van der Waals surface area contributed by atoms with Crippen LogP contribution in [0, 0.1) is 16.7 Å². The van der Waals surface area contributed by atoms with Crippen LogP contribution in [0.4, 0.5) is 0 Å². The summed E-state index contributed by atoms with van der Waals surface area (Å²) in [6, 6.07) is 2.46. The van der Waals surface area contributed by atoms with Crippen molar-refractivity contribution in [3.05, 3.63) is 0 Å². The summed E-state index contributed by atoms with van der Waals surface area (Å²) in [7, 11) is 1.63. The Hall–Kier alpha value is -1.08. The first-order valence-corrected chi connectivity index (χ1v) is 7.74. The maximum Gasteiger partial charge on any atom is 0.243 e. The molecule has 0 aromatic carbocycles. The molecule has 116 valence electrons. The molecule has 1 amide bonds. The zero-order valence-electron chi connectivity index (χ0n) is 13.7. The van der Waals surface area contributed by atoms with E-state index >= 15 is 0 Å². The summed E-state index contributed by atoms with van der Waals surface area (Å²) in [6.45, 7) is 9.21. The van der Waals surface area contributed by atoms with Gasteiger partial charge in [0.2, 0.25) is 5.91 Å². The van der Waals surface area contributed by atoms with Crippen LogP contribution >= 0.6 is 0 Å². The van der Waals surface area contributed by atoms with Gasteiger partial charge in [0.1, 0.15) is 5.41 Å². The lowest BCUT2D eigenvalue weighted by molar-refractivity contribution is -0.142. The third-order valence-corrected chi connectivity index (χ3v) is 3.90. The minimum Gasteiger partial charge on any atom is -0.383 e. The fourth-order valence-corrected chi connectivity index (χ4v) is 2.56. The van der Waals surface area contributed by atoms with Gasteiger partial charge in [-0.05, 0) is 26.2 Å². The molecule has 0 heterocycles. The van der Waals surface area contributed by atoms with Gasteiger partial charge in [-0.1, -0.05) is 33.6 Å². The van der Waals surface area contributed by atoms with E-state index in [1.165, 1.54) is 0 Å². The van der Waals surface area contributed by atoms with Crippen molar-refractivity contribution in [2.24, 2.45) is 5.41 Å². The third-order valence-electron chi connectivity index (χ3n) is 3.90. The van der Waals surface area contributed by atoms with Gasteiger partial charge in [-0.3, -0.25) is 4.79 Å². The standard InChI is InChI=1S/C16H30N2O2/c1-6-9-16(13-17,10-7-2)15(19)18(11-12-20-5)14(4)8-3/h14H,6-12H2,1-5H3. The van der Waals surface area contributed by atoms with E-state index in [9.17, 15) is 10.1 Å². The van der Waals surface area contributed by atoms with E-state index in [1.54, 1.807) is 7.11 Å². The van der Waals surface area contributed by atoms with Gasteiger partial charge in [0.25, 0.3) is 0 Å². The van der Waals surface area contributed by atoms with E-state index in [2.05, 4.69) is 13.0 Å². The maximum atomic E-state index is 12.9. The normalized spacial score (nSPS) is 12.8. The van der Waals surface area contributed by atoms with Crippen LogP contribution in [-0.2, 0) is 9.53 Å². The molecular weight excluding hydrogens is 252 g/mol. The number of ether oxygens (including phenoxy) is 1. The summed E-state index contributed by atoms with van der Waals surface area (Å²) < 4.78 is 5.11. The summed E-state index contributed by atoms with van der Waals surface area (Å²) >= 11 is 0. The molecule has 4 nitrogen and oxygen atoms in total. The van der Waals surface area contributed by atoms with Crippen LogP contribution in [0.25, 0.3) is 0 Å². The highest BCUT2D eigenvalue weighted by Gasteiger charge is 2.40. The fourth-order valence-electron chi connectivity index (χ4n) is 2.56. The second-order valence-corrected chi connectivity index (χ2v) is 5.44. The summed E-state index contributed by atoms with van der Waals surface area (Å²) in [4.78, 5) is 14.8. The number of nitrogens with zero attached hydrogens (tertiary/aromatic N) is 2. The van der Waals surface area contributed by atoms with Crippen molar-refractivity contribution in [2.75, 3.05) is 20.3 Å². The van der Waals surface area contributed by atoms with Crippen molar-refractivity contribution < 1.29 is 9.53 Å². The predicted molar refractivity (Wildman–Crippen MR) is 81.2 cm³/mol. The van der Waals surface area contributed by atoms with Gasteiger partial charge < -0.3 is 9.64 Å². The number of rotatable bonds is 10. The van der Waals surface area contributed by atoms with Crippen LogP contribution in [-0.4, -0.2) is 37.1 Å². The largest absolute Gasteiger partial charge is 0.383 e. The average molecular weight is 282 g/mol. The second-order valence-electron chi connectivity index (χ2n) is 5.44. The first-order chi connectivity index (χ1) is 9.52. The average Bonchev–Trinajstić information content (AvgIpc) is 2.46. The Morgan fingerprint density at radius 2 is 1.85 bits per heavy atom. The van der Waals surface area contributed by atoms with E-state index in [1.807, 2.05) is 25.7 Å². The van der Waals surface area contributed by atoms with Gasteiger partial charge >= 0.3 is 0 Å². The molecule has 0 N–H and O–H groups in total. The molecule has 4 heteroatoms. The van der Waals surface area contributed by atoms with E-state index in [0.717, 1.165) is 19.3 Å². The van der Waals surface area contributed by atoms with Crippen molar-refractivity contribution in [1.29, 1.82) is 5.26 Å². The topological polar surface area (TPSA) is 53.3 Å². The Balaban J connectivity index is 5.28. The molecule has 0 aliphatic carbocycles. The highest BCUT2D eigenvalue weighted by molar-refractivity contribution is 5.85. The van der Waals surface area contributed by atoms with E-state index in [-0.39, 0.29) is 11.9 Å². The quantitative estimate of drug-likeness (QED) is 0.617. The molecule has 0 rings (SSSR count). The highest BCUT2D eigenvalue weighted by Crippen LogP contribution is 2.32. The lowest BCUT2D eigenvalue weighted by Gasteiger charge is -2.35. The smallest absolute Gasteiger partial charge is 0.243 e. The fraction of sp³-hybridized carbons (Fsp3) is 0.875. The van der Waals surface area contributed by atoms with Crippen molar-refractivity contribution >= 4 is 5.91 Å². The van der Waals surface area contributed by atoms with Crippen LogP contribution in [0.15, 0.2) is 0 Å². The zero-order chi connectivity index (χ0) is 15.6. The maximum absolute atomic E-state index is 12.9. The van der Waals surface area contributed by atoms with Gasteiger partial charge in [0.15, 0.2) is 0 Å². The zero-order valence-corrected chi connectivity index (χ0v) is 13.7. The van der Waals surface area contributed by atoms with Crippen LogP contribution < -0.4 is 0 Å². The molecule has 0 bridgehead atoms. The monoisotopic (exact) mass is 282 g/mol. The minimum absolute atomic E-state index is 0.0184. The molecule has 0 aromatic heterocycles. The number of carbonyl (C=O) groups excluding carboxylic acids is 1. The molecular formula is C16H30N2O2. The van der Waals surface area contributed by atoms with Crippen LogP contribution in [0.3, 0.4) is 0 Å². The molecule has 1 unspecified atom stereocenters. The number of hydrogen-bond donors (Lipinski definition) is 0. The number of nitriles is 1. The Bertz CT molecular complexity index is 317. The van der Waals surface area contributed by atoms with Gasteiger partial charge in [-0.25, -0.2) is 0 Å². The highest BCUT2D eigenvalue weighted by atomic mass is 16.5.